The van der Waals surface area contributed by atoms with E-state index in [1.165, 1.54) is 0 Å². The lowest BCUT2D eigenvalue weighted by Gasteiger charge is -2.40. The number of rotatable bonds is 7. The summed E-state index contributed by atoms with van der Waals surface area (Å²) in [7, 11) is 0. The van der Waals surface area contributed by atoms with Gasteiger partial charge in [0.1, 0.15) is 42.7 Å². The summed E-state index contributed by atoms with van der Waals surface area (Å²) < 4.78 is 71.8. The molecule has 3 amide bonds. The van der Waals surface area contributed by atoms with E-state index in [1.807, 2.05) is 27.7 Å². The first-order chi connectivity index (χ1) is 30.1. The molecule has 21 nitrogen and oxygen atoms in total. The minimum Gasteiger partial charge on any atom is -0.444 e. The van der Waals surface area contributed by atoms with Crippen molar-refractivity contribution in [2.24, 2.45) is 5.73 Å². The summed E-state index contributed by atoms with van der Waals surface area (Å²) in [6, 6.07) is 2.15. The highest BCUT2D eigenvalue weighted by atomic mass is 16.9. The number of nitrogens with two attached hydrogens (primary N) is 1. The van der Waals surface area contributed by atoms with Crippen LogP contribution in [0.2, 0.25) is 0 Å². The molecule has 0 aromatic rings. The molecule has 9 rings (SSSR count). The maximum absolute atomic E-state index is 12.9. The molecule has 360 valence electrons. The van der Waals surface area contributed by atoms with Crippen LogP contribution in [0, 0.1) is 11.3 Å². The molecule has 0 radical (unpaired) electrons. The molecule has 0 aliphatic carbocycles. The molecule has 9 fully saturated rings. The molecule has 0 spiro atoms. The third-order valence-electron chi connectivity index (χ3n) is 13.2. The maximum atomic E-state index is 12.9. The van der Waals surface area contributed by atoms with E-state index in [0.29, 0.717) is 45.6 Å². The van der Waals surface area contributed by atoms with Crippen molar-refractivity contribution in [3.05, 3.63) is 0 Å². The number of fused-ring (bicyclic) bond motifs is 6. The zero-order chi connectivity index (χ0) is 45.9. The minimum atomic E-state index is -1.28. The quantitative estimate of drug-likeness (QED) is 0.372. The number of nitrogens with one attached hydrogen (secondary N) is 1. The monoisotopic (exact) mass is 908 g/mol. The number of piperidine rings is 2. The van der Waals surface area contributed by atoms with Crippen molar-refractivity contribution in [1.29, 1.82) is 5.26 Å². The Morgan fingerprint density at radius 1 is 0.656 bits per heavy atom. The van der Waals surface area contributed by atoms with Crippen LogP contribution in [0.25, 0.3) is 0 Å². The van der Waals surface area contributed by atoms with Crippen LogP contribution in [0.3, 0.4) is 0 Å². The van der Waals surface area contributed by atoms with Crippen LogP contribution >= 0.6 is 0 Å². The van der Waals surface area contributed by atoms with Crippen molar-refractivity contribution in [3.63, 3.8) is 0 Å². The highest BCUT2D eigenvalue weighted by Gasteiger charge is 2.67. The Morgan fingerprint density at radius 2 is 1.12 bits per heavy atom. The molecule has 21 heteroatoms. The third-order valence-corrected chi connectivity index (χ3v) is 13.2. The summed E-state index contributed by atoms with van der Waals surface area (Å²) >= 11 is 0. The van der Waals surface area contributed by atoms with Crippen molar-refractivity contribution in [2.75, 3.05) is 65.7 Å². The lowest BCUT2D eigenvalue weighted by molar-refractivity contribution is -0.294. The maximum Gasteiger partial charge on any atom is 0.409 e. The molecular weight excluding hydrogens is 840 g/mol. The van der Waals surface area contributed by atoms with Gasteiger partial charge in [0.2, 0.25) is 17.5 Å². The van der Waals surface area contributed by atoms with E-state index in [4.69, 9.17) is 62.6 Å². The first kappa shape index (κ1) is 47.5. The molecular formula is C43H68N6O15. The summed E-state index contributed by atoms with van der Waals surface area (Å²) in [6.07, 6.45) is 1.23. The molecule has 0 saturated carbocycles. The zero-order valence-electron chi connectivity index (χ0n) is 38.5. The van der Waals surface area contributed by atoms with Gasteiger partial charge in [-0.2, -0.15) is 5.26 Å². The van der Waals surface area contributed by atoms with Gasteiger partial charge in [0, 0.05) is 44.8 Å². The normalized spacial score (nSPS) is 38.2. The van der Waals surface area contributed by atoms with Crippen LogP contribution in [-0.2, 0) is 61.6 Å². The number of likely N-dealkylation sites (tertiary alicyclic amines) is 3. The van der Waals surface area contributed by atoms with Crippen LogP contribution in [0.1, 0.15) is 93.9 Å². The second-order valence-corrected chi connectivity index (χ2v) is 20.1. The summed E-state index contributed by atoms with van der Waals surface area (Å²) in [4.78, 5) is 42.9. The largest absolute Gasteiger partial charge is 0.444 e. The standard InChI is InChI=1S/C25H38N4O8.C18H30N2O7/c1-23(2)34-18-14-33-25(21(20(18)35-23)36-24(3,4)37-25)15-32-22(31)28-10-7-16(8-11-28)27-13-19(30)29-9-5-6-17(29)12-26;1-16(2)24-12-9-23-18(14(13(12)25-16)26-17(3,4)27-18)10-22-15(21)20-7-5-11(19)6-8-20/h16-18,20-21,27H,5-11,13-15H2,1-4H3;11-14H,5-10,19H2,1-4H3/t17-,18+,20+,21-,25-;12-,13-,14+,18+/m01/s1. The summed E-state index contributed by atoms with van der Waals surface area (Å²) in [5, 5.41) is 12.5. The van der Waals surface area contributed by atoms with Crippen molar-refractivity contribution in [2.45, 2.75) is 183 Å². The number of carbonyl (C=O) groups is 3. The second kappa shape index (κ2) is 17.9. The molecule has 3 N–H and O–H groups in total. The van der Waals surface area contributed by atoms with Gasteiger partial charge < -0.3 is 82.6 Å². The predicted octanol–water partition coefficient (Wildman–Crippen LogP) is 2.03. The Bertz CT molecular complexity index is 1760. The van der Waals surface area contributed by atoms with Crippen molar-refractivity contribution >= 4 is 18.1 Å². The number of nitrogens with zero attached hydrogens (tertiary/aromatic N) is 4. The molecule has 9 saturated heterocycles. The molecule has 0 unspecified atom stereocenters. The fourth-order valence-corrected chi connectivity index (χ4v) is 10.3. The number of carbonyl (C=O) groups excluding carboxylic acids is 3. The van der Waals surface area contributed by atoms with E-state index in [9.17, 15) is 19.6 Å². The van der Waals surface area contributed by atoms with Crippen LogP contribution in [0.4, 0.5) is 9.59 Å². The van der Waals surface area contributed by atoms with Crippen LogP contribution in [0.5, 0.6) is 0 Å². The molecule has 9 heterocycles. The smallest absolute Gasteiger partial charge is 0.409 e. The van der Waals surface area contributed by atoms with Gasteiger partial charge in [-0.1, -0.05) is 0 Å². The Balaban J connectivity index is 0.000000184. The molecule has 9 aliphatic heterocycles. The average molecular weight is 909 g/mol. The van der Waals surface area contributed by atoms with E-state index < -0.39 is 65.2 Å². The number of amides is 3. The van der Waals surface area contributed by atoms with Crippen LogP contribution in [0.15, 0.2) is 0 Å². The van der Waals surface area contributed by atoms with Gasteiger partial charge in [-0.05, 0) is 93.9 Å². The molecule has 0 aromatic heterocycles. The molecule has 64 heavy (non-hydrogen) atoms. The Kier molecular flexibility index (Phi) is 13.3. The second-order valence-electron chi connectivity index (χ2n) is 20.1. The fraction of sp³-hybridized carbons (Fsp3) is 0.907. The average Bonchev–Trinajstić information content (AvgIpc) is 4.04. The first-order valence-electron chi connectivity index (χ1n) is 22.9. The number of ether oxygens (including phenoxy) is 12. The van der Waals surface area contributed by atoms with E-state index in [2.05, 4.69) is 11.4 Å². The molecule has 0 bridgehead atoms. The van der Waals surface area contributed by atoms with Gasteiger partial charge in [0.15, 0.2) is 36.4 Å². The SMILES string of the molecule is CC1(C)O[C@@H]2[C@@H](CO[C@@]3(COC(=O)N4CCC(N)CC4)OC(C)(C)O[C@@H]23)O1.CC1(C)O[C@@H]2[C@@H](CO[C@@]3(COC(=O)N4CCC(NCC(=O)N5CCC[C@H]5C#N)CC4)OC(C)(C)O[C@@H]23)O1. The highest BCUT2D eigenvalue weighted by Crippen LogP contribution is 2.49. The highest BCUT2D eigenvalue weighted by molar-refractivity contribution is 5.79. The Labute approximate surface area is 374 Å². The number of hydrogen-bond acceptors (Lipinski definition) is 18. The fourth-order valence-electron chi connectivity index (χ4n) is 10.3. The van der Waals surface area contributed by atoms with Gasteiger partial charge in [-0.3, -0.25) is 4.79 Å². The van der Waals surface area contributed by atoms with E-state index in [1.54, 1.807) is 42.4 Å². The van der Waals surface area contributed by atoms with Gasteiger partial charge in [-0.25, -0.2) is 9.59 Å². The van der Waals surface area contributed by atoms with Gasteiger partial charge in [-0.15, -0.1) is 0 Å². The van der Waals surface area contributed by atoms with Crippen molar-refractivity contribution < 1.29 is 71.2 Å². The van der Waals surface area contributed by atoms with Gasteiger partial charge in [0.05, 0.1) is 25.8 Å². The number of hydrogen-bond donors (Lipinski definition) is 2. The van der Waals surface area contributed by atoms with Crippen LogP contribution in [-0.4, -0.2) is 188 Å². The lowest BCUT2D eigenvalue weighted by atomic mass is 9.97. The summed E-state index contributed by atoms with van der Waals surface area (Å²) in [5.74, 6) is -5.86. The Hall–Kier alpha value is -2.98. The van der Waals surface area contributed by atoms with E-state index in [0.717, 1.165) is 25.7 Å². The summed E-state index contributed by atoms with van der Waals surface area (Å²) in [5.41, 5.74) is 5.90. The third kappa shape index (κ3) is 10.1. The van der Waals surface area contributed by atoms with Gasteiger partial charge >= 0.3 is 12.2 Å². The lowest BCUT2D eigenvalue weighted by Crippen LogP contribution is -2.61. The molecule has 9 atom stereocenters. The zero-order valence-corrected chi connectivity index (χ0v) is 38.5. The Morgan fingerprint density at radius 3 is 1.59 bits per heavy atom. The predicted molar refractivity (Wildman–Crippen MR) is 220 cm³/mol. The first-order valence-corrected chi connectivity index (χ1v) is 22.9. The number of nitriles is 1. The molecule has 9 aliphatic rings. The summed E-state index contributed by atoms with van der Waals surface area (Å²) in [6.45, 7) is 17.9. The van der Waals surface area contributed by atoms with Crippen molar-refractivity contribution in [3.8, 4) is 6.07 Å². The van der Waals surface area contributed by atoms with Crippen LogP contribution < -0.4 is 11.1 Å². The van der Waals surface area contributed by atoms with E-state index >= 15 is 0 Å². The van der Waals surface area contributed by atoms with Crippen molar-refractivity contribution in [1.82, 2.24) is 20.0 Å². The van der Waals surface area contributed by atoms with E-state index in [-0.39, 0.29) is 75.3 Å². The minimum absolute atomic E-state index is 0.0452. The topological polar surface area (TPSA) is 234 Å². The molecule has 0 aromatic carbocycles. The van der Waals surface area contributed by atoms with Gasteiger partial charge in [0.25, 0.3) is 0 Å².